The van der Waals surface area contributed by atoms with E-state index in [2.05, 4.69) is 27.1 Å². The smallest absolute Gasteiger partial charge is 0.180 e. The number of hydrogen-bond donors (Lipinski definition) is 1. The van der Waals surface area contributed by atoms with Crippen LogP contribution in [-0.2, 0) is 0 Å². The number of benzene rings is 1. The number of fused-ring (bicyclic) bond motifs is 1. The first-order chi connectivity index (χ1) is 11.8. The van der Waals surface area contributed by atoms with Crippen molar-refractivity contribution in [3.63, 3.8) is 0 Å². The molecule has 0 spiro atoms. The lowest BCUT2D eigenvalue weighted by Crippen LogP contribution is -2.47. The van der Waals surface area contributed by atoms with E-state index in [0.29, 0.717) is 6.04 Å². The summed E-state index contributed by atoms with van der Waals surface area (Å²) >= 11 is 0. The number of nitrogens with two attached hydrogens (primary N) is 1. The maximum Gasteiger partial charge on any atom is 0.180 e. The average Bonchev–Trinajstić information content (AvgIpc) is 3.06. The van der Waals surface area contributed by atoms with Crippen LogP contribution in [0.3, 0.4) is 0 Å². The molecule has 24 heavy (non-hydrogen) atoms. The van der Waals surface area contributed by atoms with E-state index in [0.717, 1.165) is 48.9 Å². The molecule has 0 atom stereocenters. The second-order valence-corrected chi connectivity index (χ2v) is 7.40. The molecule has 2 N–H and O–H groups in total. The molecule has 1 aromatic carbocycles. The Morgan fingerprint density at radius 2 is 1.79 bits per heavy atom. The predicted molar refractivity (Wildman–Crippen MR) is 97.2 cm³/mol. The van der Waals surface area contributed by atoms with Gasteiger partial charge in [0, 0.05) is 32.2 Å². The van der Waals surface area contributed by atoms with Crippen LogP contribution in [0.25, 0.3) is 11.0 Å². The number of rotatable bonds is 4. The third kappa shape index (κ3) is 3.42. The number of hydrogen-bond acceptors (Lipinski definition) is 5. The highest BCUT2D eigenvalue weighted by atomic mass is 16.5. The fourth-order valence-electron chi connectivity index (χ4n) is 4.13. The Morgan fingerprint density at radius 1 is 1.04 bits per heavy atom. The first-order valence-electron chi connectivity index (χ1n) is 9.37. The summed E-state index contributed by atoms with van der Waals surface area (Å²) < 4.78 is 5.45. The molecule has 130 valence electrons. The molecule has 5 heteroatoms. The van der Waals surface area contributed by atoms with Crippen LogP contribution in [0.2, 0.25) is 0 Å². The Kier molecular flexibility index (Phi) is 4.72. The second-order valence-electron chi connectivity index (χ2n) is 7.40. The van der Waals surface area contributed by atoms with Gasteiger partial charge in [-0.25, -0.2) is 0 Å². The molecular weight excluding hydrogens is 300 g/mol. The molecule has 0 bridgehead atoms. The highest BCUT2D eigenvalue weighted by Gasteiger charge is 2.23. The molecule has 1 aromatic heterocycles. The Bertz CT molecular complexity index is 654. The predicted octanol–water partition coefficient (Wildman–Crippen LogP) is 2.86. The number of para-hydroxylation sites is 1. The summed E-state index contributed by atoms with van der Waals surface area (Å²) in [6.45, 7) is 5.53. The van der Waals surface area contributed by atoms with Crippen molar-refractivity contribution in [1.82, 2.24) is 10.1 Å². The third-order valence-corrected chi connectivity index (χ3v) is 5.78. The maximum absolute atomic E-state index is 6.01. The van der Waals surface area contributed by atoms with Gasteiger partial charge in [0.15, 0.2) is 11.4 Å². The molecule has 1 saturated heterocycles. The van der Waals surface area contributed by atoms with Gasteiger partial charge in [-0.2, -0.15) is 0 Å². The van der Waals surface area contributed by atoms with E-state index in [-0.39, 0.29) is 0 Å². The quantitative estimate of drug-likeness (QED) is 0.935. The molecule has 2 aromatic rings. The lowest BCUT2D eigenvalue weighted by molar-refractivity contribution is 0.216. The second kappa shape index (κ2) is 7.11. The summed E-state index contributed by atoms with van der Waals surface area (Å²) in [7, 11) is 0. The first kappa shape index (κ1) is 15.9. The molecule has 0 unspecified atom stereocenters. The number of nitrogens with zero attached hydrogens (tertiary/aromatic N) is 3. The molecule has 0 amide bonds. The fourth-order valence-corrected chi connectivity index (χ4v) is 4.13. The van der Waals surface area contributed by atoms with Gasteiger partial charge >= 0.3 is 0 Å². The van der Waals surface area contributed by atoms with Crippen molar-refractivity contribution in [2.45, 2.75) is 38.1 Å². The van der Waals surface area contributed by atoms with Gasteiger partial charge in [0.1, 0.15) is 0 Å². The van der Waals surface area contributed by atoms with Crippen LogP contribution < -0.4 is 10.6 Å². The lowest BCUT2D eigenvalue weighted by atomic mass is 9.84. The van der Waals surface area contributed by atoms with Gasteiger partial charge in [-0.1, -0.05) is 17.3 Å². The number of aromatic nitrogens is 1. The lowest BCUT2D eigenvalue weighted by Gasteiger charge is -2.36. The van der Waals surface area contributed by atoms with Gasteiger partial charge in [-0.05, 0) is 56.7 Å². The first-order valence-corrected chi connectivity index (χ1v) is 9.37. The Morgan fingerprint density at radius 3 is 2.58 bits per heavy atom. The Hall–Kier alpha value is -1.59. The summed E-state index contributed by atoms with van der Waals surface area (Å²) in [6, 6.07) is 8.59. The SMILES string of the molecule is NC1CCC(CCN2CCN(c3noc4ccccc34)CC2)CC1. The van der Waals surface area contributed by atoms with Crippen LogP contribution in [-0.4, -0.2) is 48.8 Å². The van der Waals surface area contributed by atoms with Gasteiger partial charge in [-0.15, -0.1) is 0 Å². The minimum atomic E-state index is 0.460. The van der Waals surface area contributed by atoms with Crippen LogP contribution in [0, 0.1) is 5.92 Å². The van der Waals surface area contributed by atoms with Crippen LogP contribution in [0.5, 0.6) is 0 Å². The fraction of sp³-hybridized carbons (Fsp3) is 0.632. The van der Waals surface area contributed by atoms with E-state index in [9.17, 15) is 0 Å². The van der Waals surface area contributed by atoms with Gasteiger partial charge in [0.25, 0.3) is 0 Å². The molecule has 2 heterocycles. The average molecular weight is 328 g/mol. The highest BCUT2D eigenvalue weighted by Crippen LogP contribution is 2.28. The van der Waals surface area contributed by atoms with Crippen molar-refractivity contribution in [3.05, 3.63) is 24.3 Å². The molecule has 0 radical (unpaired) electrons. The minimum absolute atomic E-state index is 0.460. The van der Waals surface area contributed by atoms with Crippen molar-refractivity contribution >= 4 is 16.8 Å². The summed E-state index contributed by atoms with van der Waals surface area (Å²) in [6.07, 6.45) is 6.42. The van der Waals surface area contributed by atoms with Crippen molar-refractivity contribution in [1.29, 1.82) is 0 Å². The van der Waals surface area contributed by atoms with E-state index < -0.39 is 0 Å². The topological polar surface area (TPSA) is 58.5 Å². The van der Waals surface area contributed by atoms with E-state index in [1.807, 2.05) is 12.1 Å². The van der Waals surface area contributed by atoms with Gasteiger partial charge in [0.2, 0.25) is 0 Å². The van der Waals surface area contributed by atoms with Crippen molar-refractivity contribution in [3.8, 4) is 0 Å². The molecule has 1 aliphatic heterocycles. The van der Waals surface area contributed by atoms with Crippen LogP contribution >= 0.6 is 0 Å². The van der Waals surface area contributed by atoms with Crippen molar-refractivity contribution < 1.29 is 4.52 Å². The van der Waals surface area contributed by atoms with Crippen LogP contribution in [0.15, 0.2) is 28.8 Å². The zero-order valence-corrected chi connectivity index (χ0v) is 14.4. The normalized spacial score (nSPS) is 26.1. The zero-order chi connectivity index (χ0) is 16.4. The molecule has 2 aliphatic rings. The van der Waals surface area contributed by atoms with E-state index in [1.165, 1.54) is 38.6 Å². The summed E-state index contributed by atoms with van der Waals surface area (Å²) in [5.41, 5.74) is 6.89. The monoisotopic (exact) mass is 328 g/mol. The molecule has 1 saturated carbocycles. The Balaban J connectivity index is 1.27. The van der Waals surface area contributed by atoms with Gasteiger partial charge in [0.05, 0.1) is 5.39 Å². The molecule has 2 fully saturated rings. The standard InChI is InChI=1S/C19H28N4O/c20-16-7-5-15(6-8-16)9-10-22-11-13-23(14-12-22)19-17-3-1-2-4-18(17)24-21-19/h1-4,15-16H,5-14,20H2. The minimum Gasteiger partial charge on any atom is -0.354 e. The summed E-state index contributed by atoms with van der Waals surface area (Å²) in [5.74, 6) is 1.90. The molecular formula is C19H28N4O. The number of piperazine rings is 1. The summed E-state index contributed by atoms with van der Waals surface area (Å²) in [5, 5.41) is 5.42. The highest BCUT2D eigenvalue weighted by molar-refractivity contribution is 5.88. The van der Waals surface area contributed by atoms with E-state index in [4.69, 9.17) is 10.3 Å². The maximum atomic E-state index is 6.01. The molecule has 1 aliphatic carbocycles. The van der Waals surface area contributed by atoms with E-state index in [1.54, 1.807) is 0 Å². The molecule has 4 rings (SSSR count). The third-order valence-electron chi connectivity index (χ3n) is 5.78. The largest absolute Gasteiger partial charge is 0.354 e. The summed E-state index contributed by atoms with van der Waals surface area (Å²) in [4.78, 5) is 4.97. The van der Waals surface area contributed by atoms with Crippen LogP contribution in [0.1, 0.15) is 32.1 Å². The number of anilines is 1. The Labute approximate surface area is 143 Å². The van der Waals surface area contributed by atoms with Crippen LogP contribution in [0.4, 0.5) is 5.82 Å². The van der Waals surface area contributed by atoms with Crippen molar-refractivity contribution in [2.24, 2.45) is 11.7 Å². The van der Waals surface area contributed by atoms with E-state index >= 15 is 0 Å². The van der Waals surface area contributed by atoms with Crippen molar-refractivity contribution in [2.75, 3.05) is 37.6 Å². The van der Waals surface area contributed by atoms with Gasteiger partial charge in [-0.3, -0.25) is 4.90 Å². The van der Waals surface area contributed by atoms with Gasteiger partial charge < -0.3 is 15.2 Å². The zero-order valence-electron chi connectivity index (χ0n) is 14.4. The molecule has 5 nitrogen and oxygen atoms in total.